The summed E-state index contributed by atoms with van der Waals surface area (Å²) in [5.74, 6) is -0.352. The molecule has 1 atom stereocenters. The number of aryl methyl sites for hydroxylation is 1. The van der Waals surface area contributed by atoms with Crippen LogP contribution in [0.4, 0.5) is 4.39 Å². The minimum atomic E-state index is -0.493. The van der Waals surface area contributed by atoms with E-state index in [9.17, 15) is 9.18 Å². The number of aromatic amines is 1. The first kappa shape index (κ1) is 20.6. The van der Waals surface area contributed by atoms with Gasteiger partial charge in [-0.15, -0.1) is 0 Å². The lowest BCUT2D eigenvalue weighted by molar-refractivity contribution is 0.0935. The first-order valence-corrected chi connectivity index (χ1v) is 9.89. The van der Waals surface area contributed by atoms with Gasteiger partial charge in [-0.25, -0.2) is 0 Å². The Morgan fingerprint density at radius 2 is 1.94 bits per heavy atom. The molecule has 1 aromatic heterocycles. The molecule has 0 aliphatic carbocycles. The van der Waals surface area contributed by atoms with E-state index in [2.05, 4.69) is 15.5 Å². The molecule has 0 aliphatic rings. The quantitative estimate of drug-likeness (QED) is 0.439. The number of H-pyrrole nitrogens is 1. The van der Waals surface area contributed by atoms with Crippen molar-refractivity contribution in [3.8, 4) is 16.9 Å². The van der Waals surface area contributed by atoms with Gasteiger partial charge in [0.2, 0.25) is 5.95 Å². The van der Waals surface area contributed by atoms with Gasteiger partial charge in [0.15, 0.2) is 0 Å². The third-order valence-electron chi connectivity index (χ3n) is 5.27. The standard InChI is InChI=1S/C24H23FN4O2/c1-14-4-3-5-17(10-14)21(13-26)27-24(30)19-12-16(7-9-22(19)31-2)15-6-8-20-18(11-15)23(25)29-28-20/h3-12,21H,13,26H2,1-2H3,(H,27,30)(H,28,29). The number of ether oxygens (including phenoxy) is 1. The van der Waals surface area contributed by atoms with Crippen molar-refractivity contribution in [2.45, 2.75) is 13.0 Å². The fourth-order valence-electron chi connectivity index (χ4n) is 3.62. The summed E-state index contributed by atoms with van der Waals surface area (Å²) in [6.45, 7) is 2.25. The van der Waals surface area contributed by atoms with Gasteiger partial charge in [0, 0.05) is 6.54 Å². The Morgan fingerprint density at radius 3 is 2.68 bits per heavy atom. The fourth-order valence-corrected chi connectivity index (χ4v) is 3.62. The second kappa shape index (κ2) is 8.57. The molecule has 4 rings (SSSR count). The van der Waals surface area contributed by atoms with Gasteiger partial charge in [0.25, 0.3) is 5.91 Å². The highest BCUT2D eigenvalue weighted by Gasteiger charge is 2.19. The number of nitrogens with zero attached hydrogens (tertiary/aromatic N) is 1. The monoisotopic (exact) mass is 418 g/mol. The maximum Gasteiger partial charge on any atom is 0.255 e. The minimum absolute atomic E-state index is 0.258. The number of nitrogens with one attached hydrogen (secondary N) is 2. The number of fused-ring (bicyclic) bond motifs is 1. The molecular formula is C24H23FN4O2. The maximum atomic E-state index is 13.9. The van der Waals surface area contributed by atoms with Crippen LogP contribution in [0.1, 0.15) is 27.5 Å². The highest BCUT2D eigenvalue weighted by Crippen LogP contribution is 2.29. The van der Waals surface area contributed by atoms with Crippen molar-refractivity contribution in [3.05, 3.63) is 83.3 Å². The summed E-state index contributed by atoms with van der Waals surface area (Å²) in [6.07, 6.45) is 0. The Bertz CT molecular complexity index is 1250. The Kier molecular flexibility index (Phi) is 5.68. The highest BCUT2D eigenvalue weighted by molar-refractivity contribution is 5.99. The number of nitrogens with two attached hydrogens (primary N) is 1. The normalized spacial score (nSPS) is 12.0. The average Bonchev–Trinajstić information content (AvgIpc) is 3.17. The van der Waals surface area contributed by atoms with Crippen molar-refractivity contribution in [3.63, 3.8) is 0 Å². The maximum absolute atomic E-state index is 13.9. The van der Waals surface area contributed by atoms with E-state index >= 15 is 0 Å². The van der Waals surface area contributed by atoms with Crippen LogP contribution >= 0.6 is 0 Å². The predicted octanol–water partition coefficient (Wildman–Crippen LogP) is 4.12. The number of aromatic nitrogens is 2. The molecule has 4 aromatic rings. The molecule has 0 saturated heterocycles. The SMILES string of the molecule is COc1ccc(-c2ccc3n[nH]c(F)c3c2)cc1C(=O)NC(CN)c1cccc(C)c1. The van der Waals surface area contributed by atoms with Crippen molar-refractivity contribution in [1.29, 1.82) is 0 Å². The zero-order chi connectivity index (χ0) is 22.0. The van der Waals surface area contributed by atoms with Gasteiger partial charge in [-0.3, -0.25) is 9.89 Å². The molecule has 0 fully saturated rings. The molecule has 0 saturated carbocycles. The van der Waals surface area contributed by atoms with E-state index in [-0.39, 0.29) is 18.5 Å². The number of halogens is 1. The summed E-state index contributed by atoms with van der Waals surface area (Å²) in [7, 11) is 1.51. The average molecular weight is 418 g/mol. The number of carbonyl (C=O) groups is 1. The lowest BCUT2D eigenvalue weighted by atomic mass is 10.00. The summed E-state index contributed by atoms with van der Waals surface area (Å²) in [5.41, 5.74) is 10.4. The van der Waals surface area contributed by atoms with Gasteiger partial charge in [-0.05, 0) is 47.9 Å². The van der Waals surface area contributed by atoms with Crippen LogP contribution in [0.25, 0.3) is 22.0 Å². The summed E-state index contributed by atoms with van der Waals surface area (Å²) < 4.78 is 19.3. The number of amides is 1. The van der Waals surface area contributed by atoms with Crippen LogP contribution < -0.4 is 15.8 Å². The highest BCUT2D eigenvalue weighted by atomic mass is 19.1. The van der Waals surface area contributed by atoms with Crippen molar-refractivity contribution < 1.29 is 13.9 Å². The topological polar surface area (TPSA) is 93.0 Å². The molecule has 1 heterocycles. The second-order valence-electron chi connectivity index (χ2n) is 7.36. The van der Waals surface area contributed by atoms with Crippen molar-refractivity contribution in [2.75, 3.05) is 13.7 Å². The van der Waals surface area contributed by atoms with Crippen LogP contribution in [0, 0.1) is 12.9 Å². The summed E-state index contributed by atoms with van der Waals surface area (Å²) in [6, 6.07) is 18.1. The van der Waals surface area contributed by atoms with E-state index in [0.717, 1.165) is 22.3 Å². The molecule has 3 aromatic carbocycles. The molecule has 0 bridgehead atoms. The summed E-state index contributed by atoms with van der Waals surface area (Å²) >= 11 is 0. The van der Waals surface area contributed by atoms with E-state index in [1.54, 1.807) is 24.3 Å². The van der Waals surface area contributed by atoms with Gasteiger partial charge < -0.3 is 15.8 Å². The Balaban J connectivity index is 1.67. The second-order valence-corrected chi connectivity index (χ2v) is 7.36. The van der Waals surface area contributed by atoms with E-state index in [1.165, 1.54) is 7.11 Å². The van der Waals surface area contributed by atoms with E-state index in [1.807, 2.05) is 43.3 Å². The largest absolute Gasteiger partial charge is 0.496 e. The molecular weight excluding hydrogens is 395 g/mol. The van der Waals surface area contributed by atoms with Gasteiger partial charge in [-0.1, -0.05) is 42.0 Å². The van der Waals surface area contributed by atoms with Crippen LogP contribution in [0.3, 0.4) is 0 Å². The van der Waals surface area contributed by atoms with Crippen molar-refractivity contribution in [1.82, 2.24) is 15.5 Å². The molecule has 4 N–H and O–H groups in total. The molecule has 31 heavy (non-hydrogen) atoms. The van der Waals surface area contributed by atoms with E-state index in [0.29, 0.717) is 22.2 Å². The van der Waals surface area contributed by atoms with Crippen LogP contribution in [0.15, 0.2) is 60.7 Å². The van der Waals surface area contributed by atoms with Crippen LogP contribution in [0.2, 0.25) is 0 Å². The minimum Gasteiger partial charge on any atom is -0.496 e. The van der Waals surface area contributed by atoms with Gasteiger partial charge in [0.05, 0.1) is 29.6 Å². The smallest absolute Gasteiger partial charge is 0.255 e. The molecule has 0 spiro atoms. The Morgan fingerprint density at radius 1 is 1.16 bits per heavy atom. The summed E-state index contributed by atoms with van der Waals surface area (Å²) in [5, 5.41) is 9.63. The molecule has 0 radical (unpaired) electrons. The molecule has 158 valence electrons. The predicted molar refractivity (Wildman–Crippen MR) is 118 cm³/mol. The van der Waals surface area contributed by atoms with Gasteiger partial charge >= 0.3 is 0 Å². The Hall–Kier alpha value is -3.71. The first-order valence-electron chi connectivity index (χ1n) is 9.89. The van der Waals surface area contributed by atoms with E-state index < -0.39 is 5.95 Å². The number of benzene rings is 3. The zero-order valence-corrected chi connectivity index (χ0v) is 17.3. The van der Waals surface area contributed by atoms with Gasteiger partial charge in [-0.2, -0.15) is 9.49 Å². The lowest BCUT2D eigenvalue weighted by Gasteiger charge is -2.19. The number of methoxy groups -OCH3 is 1. The van der Waals surface area contributed by atoms with Crippen molar-refractivity contribution >= 4 is 16.8 Å². The van der Waals surface area contributed by atoms with Crippen molar-refractivity contribution in [2.24, 2.45) is 5.73 Å². The first-order chi connectivity index (χ1) is 15.0. The van der Waals surface area contributed by atoms with E-state index in [4.69, 9.17) is 10.5 Å². The fraction of sp³-hybridized carbons (Fsp3) is 0.167. The lowest BCUT2D eigenvalue weighted by Crippen LogP contribution is -2.33. The van der Waals surface area contributed by atoms with Crippen LogP contribution in [0.5, 0.6) is 5.75 Å². The third-order valence-corrected chi connectivity index (χ3v) is 5.27. The Labute approximate surface area is 179 Å². The molecule has 0 aliphatic heterocycles. The number of carbonyl (C=O) groups excluding carboxylic acids is 1. The molecule has 6 nitrogen and oxygen atoms in total. The zero-order valence-electron chi connectivity index (χ0n) is 17.3. The third kappa shape index (κ3) is 4.13. The number of hydrogen-bond acceptors (Lipinski definition) is 4. The van der Waals surface area contributed by atoms with Gasteiger partial charge in [0.1, 0.15) is 5.75 Å². The molecule has 1 unspecified atom stereocenters. The molecule has 7 heteroatoms. The van der Waals surface area contributed by atoms with Crippen LogP contribution in [-0.4, -0.2) is 29.8 Å². The molecule has 1 amide bonds. The number of rotatable bonds is 6. The number of hydrogen-bond donors (Lipinski definition) is 3. The summed E-state index contributed by atoms with van der Waals surface area (Å²) in [4.78, 5) is 13.1. The van der Waals surface area contributed by atoms with Crippen LogP contribution in [-0.2, 0) is 0 Å².